The molecule has 0 saturated carbocycles. The number of hydrogen-bond donors (Lipinski definition) is 1. The average molecular weight is 454 g/mol. The minimum atomic E-state index is -0.242. The van der Waals surface area contributed by atoms with Gasteiger partial charge in [-0.05, 0) is 55.9 Å². The third kappa shape index (κ3) is 3.71. The zero-order chi connectivity index (χ0) is 23.1. The first kappa shape index (κ1) is 21.1. The summed E-state index contributed by atoms with van der Waals surface area (Å²) < 4.78 is 0. The summed E-state index contributed by atoms with van der Waals surface area (Å²) in [6.07, 6.45) is 10.1. The number of amides is 1. The summed E-state index contributed by atoms with van der Waals surface area (Å²) in [6, 6.07) is 14.7. The van der Waals surface area contributed by atoms with Crippen molar-refractivity contribution in [2.75, 3.05) is 29.9 Å². The van der Waals surface area contributed by atoms with Crippen molar-refractivity contribution < 1.29 is 4.79 Å². The number of benzene rings is 2. The molecule has 0 aliphatic carbocycles. The van der Waals surface area contributed by atoms with Gasteiger partial charge in [-0.2, -0.15) is 0 Å². The second-order valence-corrected chi connectivity index (χ2v) is 9.99. The Morgan fingerprint density at radius 3 is 2.71 bits per heavy atom. The molecule has 3 aromatic rings. The van der Waals surface area contributed by atoms with Gasteiger partial charge < -0.3 is 15.1 Å². The van der Waals surface area contributed by atoms with Crippen molar-refractivity contribution in [1.82, 2.24) is 14.9 Å². The summed E-state index contributed by atoms with van der Waals surface area (Å²) in [6.45, 7) is 5.37. The van der Waals surface area contributed by atoms with Gasteiger partial charge in [0, 0.05) is 37.9 Å². The summed E-state index contributed by atoms with van der Waals surface area (Å²) in [4.78, 5) is 27.6. The SMILES string of the molecule is CC1C=Cc2cccc(CN3CCCC4(CCN(c5cnc6ccccc6n5)CC4)C3=O)c2N1. The summed E-state index contributed by atoms with van der Waals surface area (Å²) in [5.74, 6) is 1.25. The third-order valence-corrected chi connectivity index (χ3v) is 7.79. The van der Waals surface area contributed by atoms with Crippen LogP contribution in [0.5, 0.6) is 0 Å². The molecule has 174 valence electrons. The summed E-state index contributed by atoms with van der Waals surface area (Å²) >= 11 is 0. The van der Waals surface area contributed by atoms with Crippen LogP contribution >= 0.6 is 0 Å². The van der Waals surface area contributed by atoms with Gasteiger partial charge in [0.2, 0.25) is 5.91 Å². The number of likely N-dealkylation sites (tertiary alicyclic amines) is 1. The molecule has 6 rings (SSSR count). The maximum Gasteiger partial charge on any atom is 0.229 e. The number of aromatic nitrogens is 2. The molecule has 0 radical (unpaired) electrons. The number of hydrogen-bond acceptors (Lipinski definition) is 5. The quantitative estimate of drug-likeness (QED) is 0.613. The smallest absolute Gasteiger partial charge is 0.229 e. The van der Waals surface area contributed by atoms with Crippen LogP contribution in [0.4, 0.5) is 11.5 Å². The predicted molar refractivity (Wildman–Crippen MR) is 137 cm³/mol. The Bertz CT molecular complexity index is 1260. The Hall–Kier alpha value is -3.41. The molecule has 1 N–H and O–H groups in total. The Labute approximate surface area is 200 Å². The van der Waals surface area contributed by atoms with Gasteiger partial charge in [-0.25, -0.2) is 4.98 Å². The fraction of sp³-hybridized carbons (Fsp3) is 0.393. The summed E-state index contributed by atoms with van der Waals surface area (Å²) in [5, 5.41) is 3.60. The minimum absolute atomic E-state index is 0.242. The molecule has 6 heteroatoms. The van der Waals surface area contributed by atoms with E-state index in [0.717, 1.165) is 62.2 Å². The van der Waals surface area contributed by atoms with Gasteiger partial charge in [0.05, 0.1) is 22.6 Å². The van der Waals surface area contributed by atoms with Crippen LogP contribution in [-0.2, 0) is 11.3 Å². The van der Waals surface area contributed by atoms with Crippen LogP contribution in [-0.4, -0.2) is 46.5 Å². The van der Waals surface area contributed by atoms with Crippen LogP contribution in [0.25, 0.3) is 17.1 Å². The van der Waals surface area contributed by atoms with Crippen LogP contribution in [0.15, 0.2) is 54.7 Å². The van der Waals surface area contributed by atoms with Gasteiger partial charge in [0.25, 0.3) is 0 Å². The standard InChI is InChI=1S/C28H31N5O/c1-20-10-11-21-6-4-7-22(26(21)30-20)19-33-15-5-12-28(27(33)34)13-16-32(17-14-28)25-18-29-23-8-2-3-9-24(23)31-25/h2-4,6-11,18,20,30H,5,12-17,19H2,1H3. The van der Waals surface area contributed by atoms with E-state index in [4.69, 9.17) is 4.98 Å². The van der Waals surface area contributed by atoms with Crippen molar-refractivity contribution in [3.8, 4) is 0 Å². The molecule has 2 fully saturated rings. The highest BCUT2D eigenvalue weighted by Gasteiger charge is 2.46. The number of nitrogens with one attached hydrogen (secondary N) is 1. The summed E-state index contributed by atoms with van der Waals surface area (Å²) in [5.41, 5.74) is 5.19. The number of carbonyl (C=O) groups excluding carboxylic acids is 1. The molecule has 2 saturated heterocycles. The van der Waals surface area contributed by atoms with E-state index in [2.05, 4.69) is 57.4 Å². The van der Waals surface area contributed by atoms with Gasteiger partial charge in [-0.15, -0.1) is 0 Å². The molecule has 0 bridgehead atoms. The Balaban J connectivity index is 1.18. The number of anilines is 2. The van der Waals surface area contributed by atoms with E-state index >= 15 is 0 Å². The number of carbonyl (C=O) groups is 1. The number of nitrogens with zero attached hydrogens (tertiary/aromatic N) is 4. The van der Waals surface area contributed by atoms with Gasteiger partial charge in [-0.3, -0.25) is 9.78 Å². The van der Waals surface area contributed by atoms with E-state index in [1.165, 1.54) is 16.8 Å². The first-order chi connectivity index (χ1) is 16.6. The second-order valence-electron chi connectivity index (χ2n) is 9.99. The lowest BCUT2D eigenvalue weighted by Crippen LogP contribution is -2.53. The van der Waals surface area contributed by atoms with Crippen molar-refractivity contribution in [1.29, 1.82) is 0 Å². The van der Waals surface area contributed by atoms with Crippen molar-refractivity contribution in [3.63, 3.8) is 0 Å². The van der Waals surface area contributed by atoms with Crippen molar-refractivity contribution in [3.05, 3.63) is 65.9 Å². The first-order valence-corrected chi connectivity index (χ1v) is 12.4. The molecule has 1 atom stereocenters. The summed E-state index contributed by atoms with van der Waals surface area (Å²) in [7, 11) is 0. The van der Waals surface area contributed by atoms with Crippen molar-refractivity contribution >= 4 is 34.5 Å². The molecule has 1 spiro atoms. The number of piperidine rings is 2. The lowest BCUT2D eigenvalue weighted by molar-refractivity contribution is -0.148. The molecule has 1 amide bonds. The highest BCUT2D eigenvalue weighted by Crippen LogP contribution is 2.42. The van der Waals surface area contributed by atoms with Crippen LogP contribution in [0.3, 0.4) is 0 Å². The highest BCUT2D eigenvalue weighted by molar-refractivity contribution is 5.84. The maximum absolute atomic E-state index is 13.8. The largest absolute Gasteiger partial charge is 0.378 e. The topological polar surface area (TPSA) is 61.4 Å². The highest BCUT2D eigenvalue weighted by atomic mass is 16.2. The molecular weight excluding hydrogens is 422 g/mol. The zero-order valence-corrected chi connectivity index (χ0v) is 19.7. The van der Waals surface area contributed by atoms with Crippen molar-refractivity contribution in [2.45, 2.75) is 45.2 Å². The monoisotopic (exact) mass is 453 g/mol. The van der Waals surface area contributed by atoms with Gasteiger partial charge >= 0.3 is 0 Å². The number of fused-ring (bicyclic) bond motifs is 2. The molecule has 34 heavy (non-hydrogen) atoms. The molecule has 1 aromatic heterocycles. The van der Waals surface area contributed by atoms with E-state index in [9.17, 15) is 4.79 Å². The van der Waals surface area contributed by atoms with Crippen LogP contribution in [0.1, 0.15) is 43.7 Å². The normalized spacial score (nSPS) is 21.6. The lowest BCUT2D eigenvalue weighted by Gasteiger charge is -2.46. The Morgan fingerprint density at radius 1 is 1.03 bits per heavy atom. The molecular formula is C28H31N5O. The van der Waals surface area contributed by atoms with E-state index in [1.807, 2.05) is 30.5 Å². The number of rotatable bonds is 3. The fourth-order valence-electron chi connectivity index (χ4n) is 5.83. The number of para-hydroxylation sites is 3. The van der Waals surface area contributed by atoms with Gasteiger partial charge in [0.1, 0.15) is 5.82 Å². The van der Waals surface area contributed by atoms with Gasteiger partial charge in [0.15, 0.2) is 0 Å². The lowest BCUT2D eigenvalue weighted by atomic mass is 9.71. The molecule has 1 unspecified atom stereocenters. The van der Waals surface area contributed by atoms with Crippen molar-refractivity contribution in [2.24, 2.45) is 5.41 Å². The predicted octanol–water partition coefficient (Wildman–Crippen LogP) is 4.87. The first-order valence-electron chi connectivity index (χ1n) is 12.4. The van der Waals surface area contributed by atoms with E-state index in [-0.39, 0.29) is 5.41 Å². The molecule has 3 aliphatic heterocycles. The van der Waals surface area contributed by atoms with Crippen LogP contribution in [0.2, 0.25) is 0 Å². The molecule has 4 heterocycles. The van der Waals surface area contributed by atoms with E-state index < -0.39 is 0 Å². The fourth-order valence-corrected chi connectivity index (χ4v) is 5.83. The van der Waals surface area contributed by atoms with E-state index in [1.54, 1.807) is 0 Å². The second kappa shape index (κ2) is 8.42. The van der Waals surface area contributed by atoms with Crippen LogP contribution < -0.4 is 10.2 Å². The molecule has 3 aliphatic rings. The Kier molecular flexibility index (Phi) is 5.24. The van der Waals surface area contributed by atoms with Crippen LogP contribution in [0, 0.1) is 5.41 Å². The molecule has 2 aromatic carbocycles. The average Bonchev–Trinajstić information content (AvgIpc) is 2.87. The Morgan fingerprint density at radius 2 is 1.85 bits per heavy atom. The van der Waals surface area contributed by atoms with Gasteiger partial charge in [-0.1, -0.05) is 42.5 Å². The minimum Gasteiger partial charge on any atom is -0.378 e. The molecule has 6 nitrogen and oxygen atoms in total. The zero-order valence-electron chi connectivity index (χ0n) is 19.7. The third-order valence-electron chi connectivity index (χ3n) is 7.79. The van der Waals surface area contributed by atoms with E-state index in [0.29, 0.717) is 18.5 Å². The maximum atomic E-state index is 13.8.